The summed E-state index contributed by atoms with van der Waals surface area (Å²) in [7, 11) is 0. The molecule has 15 heavy (non-hydrogen) atoms. The molecule has 3 nitrogen and oxygen atoms in total. The Morgan fingerprint density at radius 2 is 1.60 bits per heavy atom. The molecule has 1 saturated heterocycles. The van der Waals surface area contributed by atoms with E-state index >= 15 is 0 Å². The van der Waals surface area contributed by atoms with E-state index in [1.54, 1.807) is 0 Å². The van der Waals surface area contributed by atoms with Crippen molar-refractivity contribution in [3.05, 3.63) is 0 Å². The number of hydrogen-bond donors (Lipinski definition) is 1. The van der Waals surface area contributed by atoms with Crippen LogP contribution in [0.4, 0.5) is 0 Å². The maximum absolute atomic E-state index is 9.05. The van der Waals surface area contributed by atoms with E-state index in [-0.39, 0.29) is 6.73 Å². The number of nitrogens with zero attached hydrogens (tertiary/aromatic N) is 2. The van der Waals surface area contributed by atoms with Crippen LogP contribution in [0.2, 0.25) is 0 Å². The first-order valence-corrected chi connectivity index (χ1v) is 6.17. The fourth-order valence-corrected chi connectivity index (χ4v) is 2.80. The smallest absolute Gasteiger partial charge is 0.0956 e. The van der Waals surface area contributed by atoms with Gasteiger partial charge < -0.3 is 5.11 Å². The van der Waals surface area contributed by atoms with Crippen LogP contribution in [-0.2, 0) is 0 Å². The molecule has 0 aromatic rings. The second-order valence-electron chi connectivity index (χ2n) is 5.13. The summed E-state index contributed by atoms with van der Waals surface area (Å²) in [6.07, 6.45) is 2.38. The van der Waals surface area contributed by atoms with E-state index in [0.29, 0.717) is 18.1 Å². The van der Waals surface area contributed by atoms with Crippen LogP contribution < -0.4 is 0 Å². The zero-order valence-corrected chi connectivity index (χ0v) is 10.6. The molecule has 90 valence electrons. The summed E-state index contributed by atoms with van der Waals surface area (Å²) in [5.74, 6) is 0. The summed E-state index contributed by atoms with van der Waals surface area (Å²) in [5.41, 5.74) is 0. The van der Waals surface area contributed by atoms with Gasteiger partial charge in [0.15, 0.2) is 0 Å². The maximum Gasteiger partial charge on any atom is 0.0956 e. The Morgan fingerprint density at radius 3 is 1.93 bits per heavy atom. The monoisotopic (exact) mass is 214 g/mol. The van der Waals surface area contributed by atoms with Gasteiger partial charge in [0.25, 0.3) is 0 Å². The Hall–Kier alpha value is -0.120. The van der Waals surface area contributed by atoms with Crippen LogP contribution in [0.5, 0.6) is 0 Å². The van der Waals surface area contributed by atoms with Gasteiger partial charge in [-0.15, -0.1) is 0 Å². The number of likely N-dealkylation sites (tertiary alicyclic amines) is 1. The van der Waals surface area contributed by atoms with E-state index in [4.69, 9.17) is 5.11 Å². The Labute approximate surface area is 94.1 Å². The highest BCUT2D eigenvalue weighted by atomic mass is 16.3. The third-order valence-corrected chi connectivity index (χ3v) is 3.37. The third-order valence-electron chi connectivity index (χ3n) is 3.37. The van der Waals surface area contributed by atoms with Crippen LogP contribution >= 0.6 is 0 Å². The molecule has 0 atom stereocenters. The number of aliphatic hydroxyl groups excluding tert-OH is 1. The first-order valence-electron chi connectivity index (χ1n) is 6.17. The molecule has 0 spiro atoms. The average molecular weight is 214 g/mol. The molecule has 1 fully saturated rings. The highest BCUT2D eigenvalue weighted by Gasteiger charge is 2.27. The zero-order valence-electron chi connectivity index (χ0n) is 10.6. The quantitative estimate of drug-likeness (QED) is 0.768. The fraction of sp³-hybridized carbons (Fsp3) is 1.00. The molecule has 1 heterocycles. The summed E-state index contributed by atoms with van der Waals surface area (Å²) in [6.45, 7) is 11.4. The van der Waals surface area contributed by atoms with Crippen LogP contribution in [0.25, 0.3) is 0 Å². The Bertz CT molecular complexity index is 166. The van der Waals surface area contributed by atoms with Gasteiger partial charge in [0.1, 0.15) is 0 Å². The Balaban J connectivity index is 2.49. The van der Waals surface area contributed by atoms with Gasteiger partial charge in [-0.05, 0) is 40.5 Å². The van der Waals surface area contributed by atoms with E-state index in [2.05, 4.69) is 37.5 Å². The Kier molecular flexibility index (Phi) is 5.03. The molecule has 3 heteroatoms. The van der Waals surface area contributed by atoms with Crippen molar-refractivity contribution in [3.63, 3.8) is 0 Å². The molecule has 0 radical (unpaired) electrons. The van der Waals surface area contributed by atoms with Crippen LogP contribution in [0.3, 0.4) is 0 Å². The molecule has 1 aliphatic rings. The predicted octanol–water partition coefficient (Wildman–Crippen LogP) is 1.52. The summed E-state index contributed by atoms with van der Waals surface area (Å²) in [6, 6.07) is 1.94. The minimum atomic E-state index is 0.218. The molecular formula is C12H26N2O. The fourth-order valence-electron chi connectivity index (χ4n) is 2.80. The van der Waals surface area contributed by atoms with Crippen LogP contribution in [0.15, 0.2) is 0 Å². The number of aliphatic hydroxyl groups is 1. The largest absolute Gasteiger partial charge is 0.381 e. The van der Waals surface area contributed by atoms with Gasteiger partial charge in [-0.3, -0.25) is 9.80 Å². The van der Waals surface area contributed by atoms with Crippen LogP contribution in [0.1, 0.15) is 40.5 Å². The number of rotatable bonds is 4. The van der Waals surface area contributed by atoms with E-state index in [0.717, 1.165) is 13.1 Å². The van der Waals surface area contributed by atoms with Crippen molar-refractivity contribution in [1.82, 2.24) is 9.80 Å². The van der Waals surface area contributed by atoms with Gasteiger partial charge in [-0.2, -0.15) is 0 Å². The average Bonchev–Trinajstić information content (AvgIpc) is 2.18. The highest BCUT2D eigenvalue weighted by Crippen LogP contribution is 2.20. The predicted molar refractivity (Wildman–Crippen MR) is 63.8 cm³/mol. The third kappa shape index (κ3) is 3.44. The van der Waals surface area contributed by atoms with Gasteiger partial charge in [0, 0.05) is 31.2 Å². The number of hydrogen-bond acceptors (Lipinski definition) is 3. The summed E-state index contributed by atoms with van der Waals surface area (Å²) in [5, 5.41) is 9.05. The van der Waals surface area contributed by atoms with Gasteiger partial charge in [0.2, 0.25) is 0 Å². The summed E-state index contributed by atoms with van der Waals surface area (Å²) in [4.78, 5) is 4.73. The van der Waals surface area contributed by atoms with E-state index in [1.165, 1.54) is 12.8 Å². The molecule has 0 saturated carbocycles. The lowest BCUT2D eigenvalue weighted by Crippen LogP contribution is -2.50. The molecule has 0 aromatic heterocycles. The molecule has 1 N–H and O–H groups in total. The molecule has 1 aliphatic heterocycles. The topological polar surface area (TPSA) is 26.7 Å². The van der Waals surface area contributed by atoms with Crippen molar-refractivity contribution in [2.45, 2.75) is 58.7 Å². The van der Waals surface area contributed by atoms with Gasteiger partial charge >= 0.3 is 0 Å². The first-order chi connectivity index (χ1) is 7.06. The molecule has 0 amide bonds. The van der Waals surface area contributed by atoms with Crippen LogP contribution in [0, 0.1) is 0 Å². The molecule has 1 rings (SSSR count). The highest BCUT2D eigenvalue weighted by molar-refractivity contribution is 4.82. The standard InChI is InChI=1S/C12H26N2O/c1-10(2)14(11(3)4)12-5-7-13(9-15)8-6-12/h10-12,15H,5-9H2,1-4H3. The molecule has 0 unspecified atom stereocenters. The lowest BCUT2D eigenvalue weighted by molar-refractivity contribution is 0.0272. The van der Waals surface area contributed by atoms with Crippen molar-refractivity contribution in [2.75, 3.05) is 19.8 Å². The summed E-state index contributed by atoms with van der Waals surface area (Å²) < 4.78 is 0. The molecule has 0 bridgehead atoms. The number of piperidine rings is 1. The van der Waals surface area contributed by atoms with Crippen LogP contribution in [-0.4, -0.2) is 52.9 Å². The summed E-state index contributed by atoms with van der Waals surface area (Å²) >= 11 is 0. The maximum atomic E-state index is 9.05. The molecule has 0 aliphatic carbocycles. The minimum Gasteiger partial charge on any atom is -0.381 e. The SMILES string of the molecule is CC(C)N(C(C)C)C1CCN(CO)CC1. The van der Waals surface area contributed by atoms with Crippen molar-refractivity contribution < 1.29 is 5.11 Å². The van der Waals surface area contributed by atoms with Crippen molar-refractivity contribution >= 4 is 0 Å². The lowest BCUT2D eigenvalue weighted by Gasteiger charge is -2.42. The van der Waals surface area contributed by atoms with Crippen molar-refractivity contribution in [3.8, 4) is 0 Å². The molecular weight excluding hydrogens is 188 g/mol. The van der Waals surface area contributed by atoms with Crippen molar-refractivity contribution in [1.29, 1.82) is 0 Å². The molecule has 0 aromatic carbocycles. The van der Waals surface area contributed by atoms with Gasteiger partial charge in [-0.25, -0.2) is 0 Å². The lowest BCUT2D eigenvalue weighted by atomic mass is 10.0. The second kappa shape index (κ2) is 5.83. The normalized spacial score (nSPS) is 20.8. The second-order valence-corrected chi connectivity index (χ2v) is 5.13. The minimum absolute atomic E-state index is 0.218. The van der Waals surface area contributed by atoms with E-state index < -0.39 is 0 Å². The zero-order chi connectivity index (χ0) is 11.4. The van der Waals surface area contributed by atoms with E-state index in [1.807, 2.05) is 0 Å². The van der Waals surface area contributed by atoms with Gasteiger partial charge in [-0.1, -0.05) is 0 Å². The van der Waals surface area contributed by atoms with E-state index in [9.17, 15) is 0 Å². The van der Waals surface area contributed by atoms with Crippen molar-refractivity contribution in [2.24, 2.45) is 0 Å². The first kappa shape index (κ1) is 12.9. The Morgan fingerprint density at radius 1 is 1.13 bits per heavy atom. The van der Waals surface area contributed by atoms with Gasteiger partial charge in [0.05, 0.1) is 6.73 Å².